The molecule has 3 fully saturated rings. The molecule has 4 heterocycles. The van der Waals surface area contributed by atoms with Gasteiger partial charge in [-0.1, -0.05) is 47.1 Å². The first kappa shape index (κ1) is 29.9. The van der Waals surface area contributed by atoms with E-state index in [2.05, 4.69) is 36.9 Å². The first-order valence-electron chi connectivity index (χ1n) is 14.5. The summed E-state index contributed by atoms with van der Waals surface area (Å²) in [7, 11) is 0. The Morgan fingerprint density at radius 2 is 1.93 bits per heavy atom. The van der Waals surface area contributed by atoms with Crippen LogP contribution in [0.15, 0.2) is 48.5 Å². The summed E-state index contributed by atoms with van der Waals surface area (Å²) in [4.78, 5) is 43.9. The first-order valence-corrected chi connectivity index (χ1v) is 16.3. The van der Waals surface area contributed by atoms with E-state index in [-0.39, 0.29) is 47.0 Å². The minimum absolute atomic E-state index is 0.0670. The Kier molecular flexibility index (Phi) is 8.16. The lowest BCUT2D eigenvalue weighted by atomic mass is 9.70. The van der Waals surface area contributed by atoms with Gasteiger partial charge in [0.15, 0.2) is 0 Å². The lowest BCUT2D eigenvalue weighted by Gasteiger charge is -2.38. The number of carbonyl (C=O) groups is 3. The summed E-state index contributed by atoms with van der Waals surface area (Å²) in [5, 5.41) is 24.6. The molecule has 3 amide bonds. The third-order valence-corrected chi connectivity index (χ3v) is 12.1. The molecule has 2 aromatic carbocycles. The van der Waals surface area contributed by atoms with Crippen molar-refractivity contribution in [2.24, 2.45) is 17.8 Å². The Morgan fingerprint density at radius 3 is 2.63 bits per heavy atom. The van der Waals surface area contributed by atoms with Gasteiger partial charge < -0.3 is 25.4 Å². The molecule has 1 spiro atoms. The highest BCUT2D eigenvalue weighted by Gasteiger charge is 2.76. The number of anilines is 1. The van der Waals surface area contributed by atoms with Crippen LogP contribution in [-0.4, -0.2) is 82.8 Å². The van der Waals surface area contributed by atoms with Crippen LogP contribution >= 0.6 is 27.7 Å². The zero-order valence-electron chi connectivity index (χ0n) is 24.1. The second kappa shape index (κ2) is 11.7. The van der Waals surface area contributed by atoms with Crippen LogP contribution in [0.4, 0.5) is 5.69 Å². The third-order valence-electron chi connectivity index (χ3n) is 8.85. The van der Waals surface area contributed by atoms with Crippen molar-refractivity contribution in [3.63, 3.8) is 0 Å². The largest absolute Gasteiger partial charge is 0.494 e. The molecule has 3 aliphatic rings. The molecule has 11 nitrogen and oxygen atoms in total. The smallest absolute Gasteiger partial charge is 0.245 e. The molecular weight excluding hydrogens is 636 g/mol. The van der Waals surface area contributed by atoms with E-state index in [9.17, 15) is 19.5 Å². The number of nitrogens with one attached hydrogen (secondary N) is 2. The van der Waals surface area contributed by atoms with Gasteiger partial charge in [0, 0.05) is 15.8 Å². The van der Waals surface area contributed by atoms with Gasteiger partial charge in [0.05, 0.1) is 41.4 Å². The van der Waals surface area contributed by atoms with Crippen LogP contribution in [0.5, 0.6) is 5.75 Å². The Bertz CT molecular complexity index is 1530. The normalized spacial score (nSPS) is 28.4. The van der Waals surface area contributed by atoms with E-state index in [4.69, 9.17) is 4.74 Å². The summed E-state index contributed by atoms with van der Waals surface area (Å²) < 4.78 is 6.28. The van der Waals surface area contributed by atoms with Crippen LogP contribution in [0.2, 0.25) is 0 Å². The number of alkyl halides is 1. The van der Waals surface area contributed by atoms with Gasteiger partial charge in [-0.15, -0.1) is 16.9 Å². The number of hydrogen-bond acceptors (Lipinski definition) is 8. The number of ether oxygens (including phenoxy) is 1. The molecule has 0 aliphatic carbocycles. The molecule has 43 heavy (non-hydrogen) atoms. The SMILES string of the molecule is CCOc1ccc(NC(=O)[C@H]2[C@@H]3SC4(CC3Br)C(C(=O)NCn3nnc5ccccc53)N([C@@H](CO)C(C)C)C(=O)[C@H]24)cc1. The maximum Gasteiger partial charge on any atom is 0.245 e. The van der Waals surface area contributed by atoms with E-state index in [0.717, 1.165) is 5.52 Å². The van der Waals surface area contributed by atoms with Crippen molar-refractivity contribution in [2.75, 3.05) is 18.5 Å². The number of aliphatic hydroxyl groups excluding tert-OH is 1. The number of para-hydroxylation sites is 1. The number of halogens is 1. The van der Waals surface area contributed by atoms with Crippen LogP contribution in [0.25, 0.3) is 11.0 Å². The topological polar surface area (TPSA) is 139 Å². The molecular formula is C30H35BrN6O5S. The number of thioether (sulfide) groups is 1. The van der Waals surface area contributed by atoms with E-state index in [1.54, 1.807) is 45.6 Å². The van der Waals surface area contributed by atoms with Crippen LogP contribution in [0, 0.1) is 17.8 Å². The quantitative estimate of drug-likeness (QED) is 0.280. The molecule has 7 atom stereocenters. The Balaban J connectivity index is 1.31. The number of rotatable bonds is 10. The monoisotopic (exact) mass is 670 g/mol. The summed E-state index contributed by atoms with van der Waals surface area (Å²) in [6.07, 6.45) is 0.544. The van der Waals surface area contributed by atoms with Gasteiger partial charge in [-0.25, -0.2) is 4.68 Å². The van der Waals surface area contributed by atoms with Gasteiger partial charge in [0.25, 0.3) is 0 Å². The number of benzene rings is 2. The van der Waals surface area contributed by atoms with Crippen molar-refractivity contribution in [3.05, 3.63) is 48.5 Å². The number of likely N-dealkylation sites (tertiary alicyclic amines) is 1. The molecule has 228 valence electrons. The molecule has 2 bridgehead atoms. The lowest BCUT2D eigenvalue weighted by molar-refractivity contribution is -0.143. The molecule has 13 heteroatoms. The second-order valence-electron chi connectivity index (χ2n) is 11.6. The number of hydrogen-bond donors (Lipinski definition) is 3. The average Bonchev–Trinajstić information content (AvgIpc) is 3.71. The summed E-state index contributed by atoms with van der Waals surface area (Å²) in [5.41, 5.74) is 2.09. The van der Waals surface area contributed by atoms with Crippen molar-refractivity contribution >= 4 is 62.1 Å². The second-order valence-corrected chi connectivity index (χ2v) is 14.3. The highest BCUT2D eigenvalue weighted by Crippen LogP contribution is 2.68. The summed E-state index contributed by atoms with van der Waals surface area (Å²) in [6, 6.07) is 13.1. The molecule has 0 radical (unpaired) electrons. The Labute approximate surface area is 262 Å². The molecule has 0 saturated carbocycles. The number of nitrogens with zero attached hydrogens (tertiary/aromatic N) is 4. The van der Waals surface area contributed by atoms with Gasteiger partial charge in [-0.2, -0.15) is 0 Å². The zero-order valence-corrected chi connectivity index (χ0v) is 26.5. The van der Waals surface area contributed by atoms with E-state index in [1.165, 1.54) is 0 Å². The molecule has 3 unspecified atom stereocenters. The molecule has 3 aliphatic heterocycles. The lowest BCUT2D eigenvalue weighted by Crippen LogP contribution is -2.58. The first-order chi connectivity index (χ1) is 20.7. The van der Waals surface area contributed by atoms with Gasteiger partial charge in [-0.05, 0) is 55.7 Å². The third kappa shape index (κ3) is 4.98. The number of carbonyl (C=O) groups excluding carboxylic acids is 3. The van der Waals surface area contributed by atoms with E-state index in [1.807, 2.05) is 45.0 Å². The maximum absolute atomic E-state index is 14.4. The minimum atomic E-state index is -0.877. The fourth-order valence-corrected chi connectivity index (χ4v) is 10.6. The average molecular weight is 672 g/mol. The molecule has 3 N–H and O–H groups in total. The van der Waals surface area contributed by atoms with Crippen molar-refractivity contribution in [2.45, 2.75) is 60.8 Å². The van der Waals surface area contributed by atoms with Crippen LogP contribution in [-0.2, 0) is 21.1 Å². The summed E-state index contributed by atoms with van der Waals surface area (Å²) >= 11 is 5.35. The van der Waals surface area contributed by atoms with Gasteiger partial charge in [0.1, 0.15) is 24.0 Å². The minimum Gasteiger partial charge on any atom is -0.494 e. The predicted molar refractivity (Wildman–Crippen MR) is 167 cm³/mol. The summed E-state index contributed by atoms with van der Waals surface area (Å²) in [6.45, 7) is 6.06. The Morgan fingerprint density at radius 1 is 1.19 bits per heavy atom. The van der Waals surface area contributed by atoms with Crippen LogP contribution in [0.1, 0.15) is 27.2 Å². The number of amides is 3. The van der Waals surface area contributed by atoms with Crippen LogP contribution < -0.4 is 15.4 Å². The van der Waals surface area contributed by atoms with Gasteiger partial charge in [0.2, 0.25) is 17.7 Å². The molecule has 1 aromatic heterocycles. The summed E-state index contributed by atoms with van der Waals surface area (Å²) in [5.74, 6) is -1.64. The molecule has 3 saturated heterocycles. The zero-order chi connectivity index (χ0) is 30.5. The van der Waals surface area contributed by atoms with Crippen molar-refractivity contribution in [1.29, 1.82) is 0 Å². The number of aromatic nitrogens is 3. The molecule has 3 aromatic rings. The van der Waals surface area contributed by atoms with Gasteiger partial charge >= 0.3 is 0 Å². The fourth-order valence-electron chi connectivity index (χ4n) is 6.95. The predicted octanol–water partition coefficient (Wildman–Crippen LogP) is 3.02. The maximum atomic E-state index is 14.4. The standard InChI is InChI=1S/C30H35BrN6O5S/c1-4-42-18-11-9-17(10-12-18)33-27(39)23-24-29(41)37(22(14-38)16(2)3)26(30(24)13-19(31)25(23)43-30)28(40)32-15-36-21-8-6-5-7-20(21)34-35-36/h5-12,16,19,22-26,38H,4,13-15H2,1-3H3,(H,32,40)(H,33,39)/t19?,22-,23+,24-,25+,26?,30?/m0/s1. The highest BCUT2D eigenvalue weighted by atomic mass is 79.9. The van der Waals surface area contributed by atoms with Gasteiger partial charge in [-0.3, -0.25) is 14.4 Å². The Hall–Kier alpha value is -3.16. The molecule has 6 rings (SSSR count). The van der Waals surface area contributed by atoms with Crippen molar-refractivity contribution in [1.82, 2.24) is 25.2 Å². The van der Waals surface area contributed by atoms with E-state index < -0.39 is 28.7 Å². The number of fused-ring (bicyclic) bond motifs is 2. The highest BCUT2D eigenvalue weighted by molar-refractivity contribution is 9.09. The fraction of sp³-hybridized carbons (Fsp3) is 0.500. The van der Waals surface area contributed by atoms with E-state index >= 15 is 0 Å². The van der Waals surface area contributed by atoms with Crippen molar-refractivity contribution in [3.8, 4) is 5.75 Å². The number of aliphatic hydroxyl groups is 1. The van der Waals surface area contributed by atoms with E-state index in [0.29, 0.717) is 30.0 Å². The van der Waals surface area contributed by atoms with Crippen LogP contribution in [0.3, 0.4) is 0 Å². The van der Waals surface area contributed by atoms with Crippen molar-refractivity contribution < 1.29 is 24.2 Å².